The molecule has 0 aromatic heterocycles. The van der Waals surface area contributed by atoms with Gasteiger partial charge >= 0.3 is 0 Å². The van der Waals surface area contributed by atoms with Crippen molar-refractivity contribution in [1.82, 2.24) is 10.4 Å². The minimum absolute atomic E-state index is 0.0582. The molecule has 2 aromatic rings. The summed E-state index contributed by atoms with van der Waals surface area (Å²) in [6.07, 6.45) is 1.38. The number of hydrogen-bond donors (Lipinski definition) is 3. The number of anilines is 1. The van der Waals surface area contributed by atoms with E-state index in [1.165, 1.54) is 6.42 Å². The van der Waals surface area contributed by atoms with E-state index < -0.39 is 24.2 Å². The van der Waals surface area contributed by atoms with E-state index in [0.29, 0.717) is 34.5 Å². The minimum Gasteiger partial charge on any atom is -0.496 e. The Morgan fingerprint density at radius 2 is 2.00 bits per heavy atom. The van der Waals surface area contributed by atoms with Gasteiger partial charge in [0.05, 0.1) is 26.4 Å². The molecule has 9 nitrogen and oxygen atoms in total. The van der Waals surface area contributed by atoms with Crippen LogP contribution in [-0.4, -0.2) is 79.6 Å². The van der Waals surface area contributed by atoms with Crippen LogP contribution in [0.25, 0.3) is 11.1 Å². The highest BCUT2D eigenvalue weighted by atomic mass is 16.7. The lowest BCUT2D eigenvalue weighted by Gasteiger charge is -2.62. The van der Waals surface area contributed by atoms with Gasteiger partial charge in [0.15, 0.2) is 0 Å². The van der Waals surface area contributed by atoms with Gasteiger partial charge in [-0.05, 0) is 66.7 Å². The third-order valence-corrected chi connectivity index (χ3v) is 10.6. The van der Waals surface area contributed by atoms with Gasteiger partial charge in [0, 0.05) is 48.4 Å². The minimum atomic E-state index is -0.877. The van der Waals surface area contributed by atoms with Gasteiger partial charge in [-0.3, -0.25) is 14.4 Å². The van der Waals surface area contributed by atoms with Crippen molar-refractivity contribution in [3.8, 4) is 16.9 Å². The van der Waals surface area contributed by atoms with E-state index >= 15 is 0 Å². The molecule has 0 spiro atoms. The summed E-state index contributed by atoms with van der Waals surface area (Å²) in [6.45, 7) is 8.42. The van der Waals surface area contributed by atoms with Crippen LogP contribution >= 0.6 is 0 Å². The predicted octanol–water partition coefficient (Wildman–Crippen LogP) is 3.90. The number of amides is 1. The number of aliphatic hydroxyl groups is 2. The first-order valence-corrected chi connectivity index (χ1v) is 15.4. The van der Waals surface area contributed by atoms with Gasteiger partial charge < -0.3 is 25.2 Å². The molecule has 43 heavy (non-hydrogen) atoms. The maximum atomic E-state index is 14.0. The molecule has 2 aromatic carbocycles. The Labute approximate surface area is 255 Å². The standard InChI is InChI=1S/C34H47N3O6/c1-19-27-14-24(34(27,3)4)15-28(19)35-33(41)31-30(20(2)40)29(18-39)43-37(31)16-22-9-8-10-26(32(22)42-7)23-11-21(17-38)12-25(13-23)36(5)6/h8-13,17,19-20,24,27-31,39-40H,14-16,18H2,1-7H3,(H,35,41)/t19-,20-,24+,27-,28-,29-,30?,31-/m0/s1. The molecular formula is C34H47N3O6. The van der Waals surface area contributed by atoms with Crippen molar-refractivity contribution in [3.05, 3.63) is 47.5 Å². The highest BCUT2D eigenvalue weighted by molar-refractivity contribution is 5.85. The highest BCUT2D eigenvalue weighted by Crippen LogP contribution is 2.61. The van der Waals surface area contributed by atoms with Crippen LogP contribution in [0.15, 0.2) is 36.4 Å². The molecule has 234 valence electrons. The Morgan fingerprint density at radius 1 is 1.26 bits per heavy atom. The number of hydrogen-bond acceptors (Lipinski definition) is 8. The molecule has 3 N–H and O–H groups in total. The Bertz CT molecular complexity index is 1340. The lowest BCUT2D eigenvalue weighted by molar-refractivity contribution is -0.183. The maximum absolute atomic E-state index is 14.0. The van der Waals surface area contributed by atoms with Crippen molar-refractivity contribution in [3.63, 3.8) is 0 Å². The average molecular weight is 594 g/mol. The topological polar surface area (TPSA) is 112 Å². The van der Waals surface area contributed by atoms with Crippen molar-refractivity contribution in [1.29, 1.82) is 0 Å². The first kappa shape index (κ1) is 31.4. The number of benzene rings is 2. The molecule has 1 saturated heterocycles. The molecule has 3 aliphatic carbocycles. The van der Waals surface area contributed by atoms with E-state index in [2.05, 4.69) is 26.1 Å². The van der Waals surface area contributed by atoms with Crippen LogP contribution in [0.5, 0.6) is 5.75 Å². The van der Waals surface area contributed by atoms with Crippen LogP contribution in [0.3, 0.4) is 0 Å². The third-order valence-electron chi connectivity index (χ3n) is 10.6. The third kappa shape index (κ3) is 5.68. The van der Waals surface area contributed by atoms with Crippen LogP contribution in [0.1, 0.15) is 56.5 Å². The number of methoxy groups -OCH3 is 1. The maximum Gasteiger partial charge on any atom is 0.240 e. The summed E-state index contributed by atoms with van der Waals surface area (Å²) in [6, 6.07) is 10.7. The summed E-state index contributed by atoms with van der Waals surface area (Å²) in [5.74, 6) is 1.30. The van der Waals surface area contributed by atoms with Crippen molar-refractivity contribution in [2.45, 2.75) is 71.4 Å². The van der Waals surface area contributed by atoms with Gasteiger partial charge in [-0.25, -0.2) is 0 Å². The fraction of sp³-hybridized carbons (Fsp3) is 0.588. The average Bonchev–Trinajstić information content (AvgIpc) is 3.36. The number of nitrogens with zero attached hydrogens (tertiary/aromatic N) is 2. The summed E-state index contributed by atoms with van der Waals surface area (Å²) in [5.41, 5.74) is 4.14. The number of carbonyl (C=O) groups excluding carboxylic acids is 2. The largest absolute Gasteiger partial charge is 0.496 e. The summed E-state index contributed by atoms with van der Waals surface area (Å²) < 4.78 is 5.93. The molecule has 9 heteroatoms. The molecule has 1 heterocycles. The molecule has 2 bridgehead atoms. The SMILES string of the molecule is COc1c(CN2O[C@@H](CO)C([C@H](C)O)[C@H]2C(=O)N[C@H]2C[C@H]3C[C@@H]([C@@H]2C)C3(C)C)cccc1-c1cc(C=O)cc(N(C)C)c1. The normalized spacial score (nSPS) is 30.3. The lowest BCUT2D eigenvalue weighted by Crippen LogP contribution is -2.62. The number of fused-ring (bicyclic) bond motifs is 2. The molecule has 3 saturated carbocycles. The van der Waals surface area contributed by atoms with Crippen molar-refractivity contribution < 1.29 is 29.4 Å². The lowest BCUT2D eigenvalue weighted by atomic mass is 9.45. The Kier molecular flexibility index (Phi) is 8.91. The van der Waals surface area contributed by atoms with Crippen LogP contribution in [-0.2, 0) is 16.2 Å². The monoisotopic (exact) mass is 593 g/mol. The number of para-hydroxylation sites is 1. The molecule has 4 fully saturated rings. The summed E-state index contributed by atoms with van der Waals surface area (Å²) in [4.78, 5) is 33.9. The quantitative estimate of drug-likeness (QED) is 0.356. The van der Waals surface area contributed by atoms with Gasteiger partial charge in [0.25, 0.3) is 0 Å². The second-order valence-electron chi connectivity index (χ2n) is 13.6. The molecule has 4 aliphatic rings. The van der Waals surface area contributed by atoms with E-state index in [4.69, 9.17) is 9.57 Å². The van der Waals surface area contributed by atoms with E-state index in [0.717, 1.165) is 35.1 Å². The van der Waals surface area contributed by atoms with Gasteiger partial charge in [-0.15, -0.1) is 0 Å². The number of aliphatic hydroxyl groups excluding tert-OH is 2. The Balaban J connectivity index is 1.45. The first-order valence-electron chi connectivity index (χ1n) is 15.4. The van der Waals surface area contributed by atoms with Gasteiger partial charge in [-0.2, -0.15) is 5.06 Å². The zero-order valence-corrected chi connectivity index (χ0v) is 26.4. The fourth-order valence-corrected chi connectivity index (χ4v) is 7.95. The van der Waals surface area contributed by atoms with E-state index in [9.17, 15) is 19.8 Å². The molecule has 6 rings (SSSR count). The van der Waals surface area contributed by atoms with Crippen LogP contribution in [0, 0.1) is 29.1 Å². The molecule has 8 atom stereocenters. The van der Waals surface area contributed by atoms with E-state index in [-0.39, 0.29) is 25.1 Å². The molecule has 1 amide bonds. The Hall–Kier alpha value is -2.98. The summed E-state index contributed by atoms with van der Waals surface area (Å²) in [7, 11) is 5.44. The molecular weight excluding hydrogens is 546 g/mol. The van der Waals surface area contributed by atoms with Crippen LogP contribution in [0.2, 0.25) is 0 Å². The number of aldehydes is 1. The van der Waals surface area contributed by atoms with E-state index in [1.54, 1.807) is 19.1 Å². The van der Waals surface area contributed by atoms with E-state index in [1.807, 2.05) is 55.4 Å². The Morgan fingerprint density at radius 3 is 2.58 bits per heavy atom. The predicted molar refractivity (Wildman–Crippen MR) is 166 cm³/mol. The number of carbonyl (C=O) groups is 2. The van der Waals surface area contributed by atoms with Gasteiger partial charge in [-0.1, -0.05) is 39.0 Å². The smallest absolute Gasteiger partial charge is 0.240 e. The summed E-state index contributed by atoms with van der Waals surface area (Å²) in [5, 5.41) is 25.9. The molecule has 0 radical (unpaired) electrons. The van der Waals surface area contributed by atoms with Crippen LogP contribution in [0.4, 0.5) is 5.69 Å². The van der Waals surface area contributed by atoms with Gasteiger partial charge in [0.1, 0.15) is 24.2 Å². The summed E-state index contributed by atoms with van der Waals surface area (Å²) >= 11 is 0. The molecule has 1 unspecified atom stereocenters. The van der Waals surface area contributed by atoms with Crippen LogP contribution < -0.4 is 15.0 Å². The fourth-order valence-electron chi connectivity index (χ4n) is 7.95. The van der Waals surface area contributed by atoms with Gasteiger partial charge in [0.2, 0.25) is 5.91 Å². The second kappa shape index (κ2) is 12.2. The van der Waals surface area contributed by atoms with Crippen molar-refractivity contribution >= 4 is 17.9 Å². The molecule has 1 aliphatic heterocycles. The number of nitrogens with one attached hydrogen (secondary N) is 1. The zero-order chi connectivity index (χ0) is 31.2. The van der Waals surface area contributed by atoms with Crippen molar-refractivity contribution in [2.75, 3.05) is 32.7 Å². The number of hydroxylamine groups is 2. The number of ether oxygens (including phenoxy) is 1. The number of rotatable bonds is 10. The van der Waals surface area contributed by atoms with Crippen molar-refractivity contribution in [2.24, 2.45) is 29.1 Å². The first-order chi connectivity index (χ1) is 20.4. The second-order valence-corrected chi connectivity index (χ2v) is 13.6. The highest BCUT2D eigenvalue weighted by Gasteiger charge is 2.57. The zero-order valence-electron chi connectivity index (χ0n) is 26.4.